The van der Waals surface area contributed by atoms with Gasteiger partial charge in [-0.25, -0.2) is 0 Å². The molecule has 2 atom stereocenters. The Hall–Kier alpha value is -3.21. The summed E-state index contributed by atoms with van der Waals surface area (Å²) in [7, 11) is 0. The van der Waals surface area contributed by atoms with Gasteiger partial charge in [-0.2, -0.15) is 0 Å². The third-order valence-electron chi connectivity index (χ3n) is 10.4. The maximum Gasteiger partial charge on any atom is 0.220 e. The minimum atomic E-state index is -0.884. The monoisotopic (exact) mass is 828 g/mol. The minimum absolute atomic E-state index is 0.0949. The molecule has 1 amide bonds. The summed E-state index contributed by atoms with van der Waals surface area (Å²) in [5.41, 5.74) is 0. The van der Waals surface area contributed by atoms with Gasteiger partial charge in [-0.15, -0.1) is 0 Å². The van der Waals surface area contributed by atoms with Crippen molar-refractivity contribution in [1.82, 2.24) is 5.32 Å². The predicted molar refractivity (Wildman–Crippen MR) is 266 cm³/mol. The van der Waals surface area contributed by atoms with Gasteiger partial charge >= 0.3 is 0 Å². The lowest BCUT2D eigenvalue weighted by Gasteiger charge is -2.19. The average molecular weight is 828 g/mol. The quantitative estimate of drug-likeness (QED) is 0.0424. The third-order valence-corrected chi connectivity index (χ3v) is 10.4. The van der Waals surface area contributed by atoms with E-state index in [4.69, 9.17) is 0 Å². The van der Waals surface area contributed by atoms with Crippen molar-refractivity contribution in [2.75, 3.05) is 6.61 Å². The molecule has 0 aromatic rings. The molecule has 4 nitrogen and oxygen atoms in total. The topological polar surface area (TPSA) is 69.6 Å². The zero-order valence-electron chi connectivity index (χ0n) is 38.9. The molecule has 0 aromatic heterocycles. The molecule has 0 saturated heterocycles. The Labute approximate surface area is 371 Å². The molecule has 0 bridgehead atoms. The summed E-state index contributed by atoms with van der Waals surface area (Å²) in [5, 5.41) is 23.0. The van der Waals surface area contributed by atoms with Crippen molar-refractivity contribution in [3.63, 3.8) is 0 Å². The van der Waals surface area contributed by atoms with Crippen LogP contribution in [0.4, 0.5) is 0 Å². The van der Waals surface area contributed by atoms with Crippen molar-refractivity contribution in [3.05, 3.63) is 122 Å². The fourth-order valence-corrected chi connectivity index (χ4v) is 6.66. The van der Waals surface area contributed by atoms with E-state index in [-0.39, 0.29) is 12.5 Å². The number of amides is 1. The van der Waals surface area contributed by atoms with Crippen LogP contribution in [0, 0.1) is 0 Å². The van der Waals surface area contributed by atoms with Gasteiger partial charge in [0.1, 0.15) is 0 Å². The summed E-state index contributed by atoms with van der Waals surface area (Å²) in [6, 6.07) is -0.661. The second-order valence-corrected chi connectivity index (χ2v) is 16.1. The molecular weight excluding hydrogens is 735 g/mol. The number of allylic oxidation sites excluding steroid dienone is 19. The number of carbonyl (C=O) groups excluding carboxylic acids is 1. The number of aliphatic hydroxyl groups excluding tert-OH is 2. The van der Waals surface area contributed by atoms with Crippen LogP contribution < -0.4 is 5.32 Å². The van der Waals surface area contributed by atoms with Crippen molar-refractivity contribution in [2.24, 2.45) is 0 Å². The molecule has 0 radical (unpaired) electrons. The number of rotatable bonds is 43. The second kappa shape index (κ2) is 50.1. The molecule has 3 N–H and O–H groups in total. The van der Waals surface area contributed by atoms with Gasteiger partial charge in [0.05, 0.1) is 18.8 Å². The first-order valence-electron chi connectivity index (χ1n) is 24.7. The van der Waals surface area contributed by atoms with Gasteiger partial charge in [-0.05, 0) is 103 Å². The van der Waals surface area contributed by atoms with Crippen LogP contribution in [0.25, 0.3) is 0 Å². The zero-order chi connectivity index (χ0) is 43.5. The number of hydrogen-bond donors (Lipinski definition) is 3. The Morgan fingerprint density at radius 3 is 1.17 bits per heavy atom. The van der Waals surface area contributed by atoms with Crippen LogP contribution in [0.5, 0.6) is 0 Å². The maximum atomic E-state index is 12.4. The average Bonchev–Trinajstić information content (AvgIpc) is 3.25. The van der Waals surface area contributed by atoms with Gasteiger partial charge in [0.15, 0.2) is 0 Å². The second-order valence-electron chi connectivity index (χ2n) is 16.1. The standard InChI is InChI=1S/C56H93NO3/c1-3-5-7-9-11-13-15-17-19-21-23-24-25-26-27-28-29-30-31-32-34-36-38-40-42-44-46-48-50-52-56(60)57-54(53-58)55(59)51-49-47-45-43-41-39-37-35-33-22-20-18-16-14-12-10-8-6-4-2/h5,7,11,13,17,19,23-24,26-27,29-30,32-35,41,43,49,51,54-55,58-59H,3-4,6,8-10,12,14-16,18,20-22,25,28,31,36-40,42,44-48,50,52-53H2,1-2H3,(H,57,60)/b7-5-,13-11-,19-17-,24-23-,27-26-,30-29-,34-32-,35-33+,43-41+,51-49+. The van der Waals surface area contributed by atoms with Crippen molar-refractivity contribution in [1.29, 1.82) is 0 Å². The van der Waals surface area contributed by atoms with Crippen LogP contribution in [0.2, 0.25) is 0 Å². The SMILES string of the molecule is CC/C=C\C/C=C\C/C=C\C/C=C\C/C=C\C/C=C\C/C=C\CCCCCCCCCC(=O)NC(CO)C(O)/C=C/CC/C=C/CC/C=C/CCCCCCCCCCC. The smallest absolute Gasteiger partial charge is 0.220 e. The molecular formula is C56H93NO3. The Morgan fingerprint density at radius 2 is 0.750 bits per heavy atom. The van der Waals surface area contributed by atoms with E-state index in [2.05, 4.69) is 129 Å². The van der Waals surface area contributed by atoms with Crippen molar-refractivity contribution in [3.8, 4) is 0 Å². The molecule has 0 aromatic carbocycles. The first-order chi connectivity index (χ1) is 29.7. The van der Waals surface area contributed by atoms with Gasteiger partial charge in [-0.1, -0.05) is 219 Å². The highest BCUT2D eigenvalue weighted by atomic mass is 16.3. The molecule has 0 heterocycles. The highest BCUT2D eigenvalue weighted by molar-refractivity contribution is 5.76. The molecule has 0 saturated carbocycles. The summed E-state index contributed by atoms with van der Waals surface area (Å²) in [6.45, 7) is 4.16. The summed E-state index contributed by atoms with van der Waals surface area (Å²) >= 11 is 0. The Kier molecular flexibility index (Phi) is 47.5. The summed E-state index contributed by atoms with van der Waals surface area (Å²) < 4.78 is 0. The number of unbranched alkanes of at least 4 members (excludes halogenated alkanes) is 18. The van der Waals surface area contributed by atoms with Gasteiger partial charge in [0.25, 0.3) is 0 Å². The molecule has 4 heteroatoms. The Balaban J connectivity index is 3.70. The molecule has 0 aliphatic carbocycles. The fraction of sp³-hybridized carbons (Fsp3) is 0.625. The van der Waals surface area contributed by atoms with Crippen LogP contribution >= 0.6 is 0 Å². The highest BCUT2D eigenvalue weighted by Crippen LogP contribution is 2.12. The van der Waals surface area contributed by atoms with Crippen LogP contribution in [0.1, 0.15) is 206 Å². The lowest BCUT2D eigenvalue weighted by atomic mass is 10.1. The van der Waals surface area contributed by atoms with Crippen LogP contribution in [-0.4, -0.2) is 34.9 Å². The lowest BCUT2D eigenvalue weighted by molar-refractivity contribution is -0.123. The first kappa shape index (κ1) is 56.8. The number of nitrogens with one attached hydrogen (secondary N) is 1. The summed E-state index contributed by atoms with van der Waals surface area (Å²) in [6.07, 6.45) is 77.5. The van der Waals surface area contributed by atoms with E-state index in [0.717, 1.165) is 96.3 Å². The van der Waals surface area contributed by atoms with Gasteiger partial charge in [0.2, 0.25) is 5.91 Å². The number of carbonyl (C=O) groups is 1. The van der Waals surface area contributed by atoms with E-state index in [9.17, 15) is 15.0 Å². The molecule has 0 aliphatic rings. The van der Waals surface area contributed by atoms with Crippen molar-refractivity contribution < 1.29 is 15.0 Å². The number of hydrogen-bond acceptors (Lipinski definition) is 3. The molecule has 340 valence electrons. The van der Waals surface area contributed by atoms with Crippen molar-refractivity contribution in [2.45, 2.75) is 219 Å². The van der Waals surface area contributed by atoms with Crippen molar-refractivity contribution >= 4 is 5.91 Å². The van der Waals surface area contributed by atoms with Crippen LogP contribution in [0.15, 0.2) is 122 Å². The van der Waals surface area contributed by atoms with E-state index in [1.807, 2.05) is 6.08 Å². The first-order valence-corrected chi connectivity index (χ1v) is 24.7. The van der Waals surface area contributed by atoms with Gasteiger partial charge in [-0.3, -0.25) is 4.79 Å². The summed E-state index contributed by atoms with van der Waals surface area (Å²) in [4.78, 5) is 12.4. The lowest BCUT2D eigenvalue weighted by Crippen LogP contribution is -2.45. The normalized spacial score (nSPS) is 14.0. The Bertz CT molecular complexity index is 1210. The number of aliphatic hydroxyl groups is 2. The maximum absolute atomic E-state index is 12.4. The Morgan fingerprint density at radius 1 is 0.417 bits per heavy atom. The minimum Gasteiger partial charge on any atom is -0.394 e. The van der Waals surface area contributed by atoms with E-state index in [0.29, 0.717) is 6.42 Å². The van der Waals surface area contributed by atoms with E-state index >= 15 is 0 Å². The molecule has 0 spiro atoms. The fourth-order valence-electron chi connectivity index (χ4n) is 6.66. The highest BCUT2D eigenvalue weighted by Gasteiger charge is 2.17. The van der Waals surface area contributed by atoms with Crippen LogP contribution in [-0.2, 0) is 4.79 Å². The van der Waals surface area contributed by atoms with Crippen LogP contribution in [0.3, 0.4) is 0 Å². The van der Waals surface area contributed by atoms with E-state index in [1.54, 1.807) is 6.08 Å². The van der Waals surface area contributed by atoms with E-state index < -0.39 is 12.1 Å². The summed E-state index contributed by atoms with van der Waals surface area (Å²) in [5.74, 6) is -0.0949. The van der Waals surface area contributed by atoms with Gasteiger partial charge < -0.3 is 15.5 Å². The molecule has 0 aliphatic heterocycles. The molecule has 60 heavy (non-hydrogen) atoms. The third kappa shape index (κ3) is 45.9. The molecule has 0 fully saturated rings. The predicted octanol–water partition coefficient (Wildman–Crippen LogP) is 16.1. The molecule has 2 unspecified atom stereocenters. The van der Waals surface area contributed by atoms with E-state index in [1.165, 1.54) is 89.9 Å². The largest absolute Gasteiger partial charge is 0.394 e. The van der Waals surface area contributed by atoms with Gasteiger partial charge in [0, 0.05) is 6.42 Å². The zero-order valence-corrected chi connectivity index (χ0v) is 38.9. The molecule has 0 rings (SSSR count).